The van der Waals surface area contributed by atoms with Crippen molar-refractivity contribution >= 4 is 17.5 Å². The van der Waals surface area contributed by atoms with E-state index in [-0.39, 0.29) is 18.1 Å². The predicted octanol–water partition coefficient (Wildman–Crippen LogP) is 3.61. The zero-order valence-electron chi connectivity index (χ0n) is 17.4. The number of hydrogen-bond donors (Lipinski definition) is 2. The SMILES string of the molecule is Cc1ncnc(C)c1-c1ccc(C(=O)N2CCC(C(=O)Nc3cc(F)c(F)c(F)c3)C2)[nH]1. The number of hydrogen-bond acceptors (Lipinski definition) is 4. The molecule has 1 saturated heterocycles. The Morgan fingerprint density at radius 3 is 2.41 bits per heavy atom. The van der Waals surface area contributed by atoms with Gasteiger partial charge in [-0.25, -0.2) is 23.1 Å². The van der Waals surface area contributed by atoms with Crippen molar-refractivity contribution in [3.63, 3.8) is 0 Å². The lowest BCUT2D eigenvalue weighted by atomic mass is 10.1. The molecule has 1 unspecified atom stereocenters. The summed E-state index contributed by atoms with van der Waals surface area (Å²) < 4.78 is 39.8. The molecule has 2 aromatic heterocycles. The monoisotopic (exact) mass is 443 g/mol. The maximum Gasteiger partial charge on any atom is 0.270 e. The Hall–Kier alpha value is -3.69. The van der Waals surface area contributed by atoms with Crippen molar-refractivity contribution in [1.29, 1.82) is 0 Å². The average Bonchev–Trinajstić information content (AvgIpc) is 3.42. The molecule has 1 aliphatic heterocycles. The summed E-state index contributed by atoms with van der Waals surface area (Å²) >= 11 is 0. The lowest BCUT2D eigenvalue weighted by molar-refractivity contribution is -0.119. The van der Waals surface area contributed by atoms with Gasteiger partial charge in [0.25, 0.3) is 5.91 Å². The van der Waals surface area contributed by atoms with E-state index in [1.807, 2.05) is 13.8 Å². The molecule has 2 amide bonds. The first-order valence-electron chi connectivity index (χ1n) is 9.97. The number of carbonyl (C=O) groups excluding carboxylic acids is 2. The van der Waals surface area contributed by atoms with Crippen molar-refractivity contribution in [3.8, 4) is 11.3 Å². The molecule has 1 aromatic carbocycles. The quantitative estimate of drug-likeness (QED) is 0.603. The molecule has 0 aliphatic carbocycles. The van der Waals surface area contributed by atoms with Gasteiger partial charge in [-0.05, 0) is 32.4 Å². The lowest BCUT2D eigenvalue weighted by Gasteiger charge is -2.16. The molecular weight excluding hydrogens is 423 g/mol. The Balaban J connectivity index is 1.43. The van der Waals surface area contributed by atoms with Gasteiger partial charge in [0.1, 0.15) is 12.0 Å². The molecule has 3 aromatic rings. The highest BCUT2D eigenvalue weighted by atomic mass is 19.2. The van der Waals surface area contributed by atoms with Gasteiger partial charge >= 0.3 is 0 Å². The number of nitrogens with one attached hydrogen (secondary N) is 2. The summed E-state index contributed by atoms with van der Waals surface area (Å²) in [7, 11) is 0. The molecule has 0 spiro atoms. The van der Waals surface area contributed by atoms with Crippen molar-refractivity contribution in [2.24, 2.45) is 5.92 Å². The van der Waals surface area contributed by atoms with E-state index in [4.69, 9.17) is 0 Å². The second-order valence-electron chi connectivity index (χ2n) is 7.69. The van der Waals surface area contributed by atoms with Gasteiger partial charge in [0.15, 0.2) is 17.5 Å². The number of halogens is 3. The Kier molecular flexibility index (Phi) is 5.68. The van der Waals surface area contributed by atoms with Crippen molar-refractivity contribution in [1.82, 2.24) is 19.9 Å². The number of likely N-dealkylation sites (tertiary alicyclic amines) is 1. The van der Waals surface area contributed by atoms with Gasteiger partial charge in [-0.2, -0.15) is 0 Å². The highest BCUT2D eigenvalue weighted by Crippen LogP contribution is 2.26. The number of amides is 2. The third-order valence-electron chi connectivity index (χ3n) is 5.51. The first-order valence-corrected chi connectivity index (χ1v) is 9.97. The van der Waals surface area contributed by atoms with E-state index < -0.39 is 29.3 Å². The van der Waals surface area contributed by atoms with E-state index in [9.17, 15) is 22.8 Å². The zero-order chi connectivity index (χ0) is 23.0. The summed E-state index contributed by atoms with van der Waals surface area (Å²) in [6.45, 7) is 4.21. The summed E-state index contributed by atoms with van der Waals surface area (Å²) in [6, 6.07) is 4.88. The Bertz CT molecular complexity index is 1170. The fourth-order valence-electron chi connectivity index (χ4n) is 3.85. The molecule has 32 heavy (non-hydrogen) atoms. The van der Waals surface area contributed by atoms with Crippen molar-refractivity contribution in [2.45, 2.75) is 20.3 Å². The summed E-state index contributed by atoms with van der Waals surface area (Å²) in [5.41, 5.74) is 3.30. The average molecular weight is 443 g/mol. The molecule has 4 rings (SSSR count). The van der Waals surface area contributed by atoms with Crippen LogP contribution in [0.25, 0.3) is 11.3 Å². The van der Waals surface area contributed by atoms with Crippen molar-refractivity contribution in [3.05, 3.63) is 65.1 Å². The van der Waals surface area contributed by atoms with Crippen LogP contribution in [0, 0.1) is 37.2 Å². The number of aryl methyl sites for hydroxylation is 2. The predicted molar refractivity (Wildman–Crippen MR) is 110 cm³/mol. The van der Waals surface area contributed by atoms with E-state index >= 15 is 0 Å². The van der Waals surface area contributed by atoms with Crippen LogP contribution in [0.5, 0.6) is 0 Å². The van der Waals surface area contributed by atoms with Crippen molar-refractivity contribution < 1.29 is 22.8 Å². The van der Waals surface area contributed by atoms with E-state index in [0.29, 0.717) is 30.8 Å². The second kappa shape index (κ2) is 8.45. The minimum absolute atomic E-state index is 0.150. The number of anilines is 1. The first-order chi connectivity index (χ1) is 15.2. The largest absolute Gasteiger partial charge is 0.350 e. The maximum atomic E-state index is 13.4. The van der Waals surface area contributed by atoms with Crippen LogP contribution in [-0.2, 0) is 4.79 Å². The fraction of sp³-hybridized carbons (Fsp3) is 0.273. The topological polar surface area (TPSA) is 91.0 Å². The molecule has 0 bridgehead atoms. The van der Waals surface area contributed by atoms with Crippen LogP contribution in [0.3, 0.4) is 0 Å². The number of aromatic nitrogens is 3. The van der Waals surface area contributed by atoms with E-state index in [1.165, 1.54) is 11.2 Å². The molecule has 10 heteroatoms. The summed E-state index contributed by atoms with van der Waals surface area (Å²) in [4.78, 5) is 38.4. The summed E-state index contributed by atoms with van der Waals surface area (Å²) in [5, 5.41) is 2.38. The van der Waals surface area contributed by atoms with Crippen LogP contribution in [0.15, 0.2) is 30.6 Å². The van der Waals surface area contributed by atoms with Gasteiger partial charge in [-0.3, -0.25) is 9.59 Å². The van der Waals surface area contributed by atoms with E-state index in [2.05, 4.69) is 20.3 Å². The first kappa shape index (κ1) is 21.5. The fourth-order valence-corrected chi connectivity index (χ4v) is 3.85. The number of benzene rings is 1. The molecule has 0 saturated carbocycles. The number of aromatic amines is 1. The van der Waals surface area contributed by atoms with Gasteiger partial charge in [-0.15, -0.1) is 0 Å². The van der Waals surface area contributed by atoms with Crippen LogP contribution in [0.2, 0.25) is 0 Å². The molecule has 1 atom stereocenters. The van der Waals surface area contributed by atoms with E-state index in [0.717, 1.165) is 22.6 Å². The maximum absolute atomic E-state index is 13.4. The van der Waals surface area contributed by atoms with Gasteiger partial charge in [0, 0.05) is 42.2 Å². The van der Waals surface area contributed by atoms with Crippen LogP contribution in [0.1, 0.15) is 28.3 Å². The highest BCUT2D eigenvalue weighted by Gasteiger charge is 2.32. The molecule has 166 valence electrons. The summed E-state index contributed by atoms with van der Waals surface area (Å²) in [5.74, 6) is -5.70. The molecule has 1 fully saturated rings. The summed E-state index contributed by atoms with van der Waals surface area (Å²) in [6.07, 6.45) is 1.87. The second-order valence-corrected chi connectivity index (χ2v) is 7.69. The van der Waals surface area contributed by atoms with Gasteiger partial charge in [-0.1, -0.05) is 0 Å². The van der Waals surface area contributed by atoms with Crippen LogP contribution >= 0.6 is 0 Å². The molecule has 7 nitrogen and oxygen atoms in total. The van der Waals surface area contributed by atoms with Gasteiger partial charge in [0.05, 0.1) is 17.3 Å². The molecule has 0 radical (unpaired) electrons. The Morgan fingerprint density at radius 1 is 1.09 bits per heavy atom. The number of carbonyl (C=O) groups is 2. The third kappa shape index (κ3) is 4.08. The number of rotatable bonds is 4. The minimum atomic E-state index is -1.60. The normalized spacial score (nSPS) is 15.8. The van der Waals surface area contributed by atoms with Gasteiger partial charge < -0.3 is 15.2 Å². The van der Waals surface area contributed by atoms with E-state index in [1.54, 1.807) is 12.1 Å². The smallest absolute Gasteiger partial charge is 0.270 e. The Morgan fingerprint density at radius 2 is 1.75 bits per heavy atom. The van der Waals surface area contributed by atoms with Crippen LogP contribution in [0.4, 0.5) is 18.9 Å². The molecular formula is C22H20F3N5O2. The molecule has 2 N–H and O–H groups in total. The number of nitrogens with zero attached hydrogens (tertiary/aromatic N) is 3. The van der Waals surface area contributed by atoms with Crippen LogP contribution in [-0.4, -0.2) is 44.8 Å². The molecule has 1 aliphatic rings. The Labute approximate surface area is 181 Å². The lowest BCUT2D eigenvalue weighted by Crippen LogP contribution is -2.31. The zero-order valence-corrected chi connectivity index (χ0v) is 17.4. The standard InChI is InChI=1S/C22H20F3N5O2/c1-11-19(12(2)27-10-26-11)17-3-4-18(29-17)22(32)30-6-5-13(9-30)21(31)28-14-7-15(23)20(25)16(24)8-14/h3-4,7-8,10,13,29H,5-6,9H2,1-2H3,(H,28,31). The van der Waals surface area contributed by atoms with Crippen LogP contribution < -0.4 is 5.32 Å². The molecule has 3 heterocycles. The van der Waals surface area contributed by atoms with Crippen molar-refractivity contribution in [2.75, 3.05) is 18.4 Å². The highest BCUT2D eigenvalue weighted by molar-refractivity contribution is 5.96. The minimum Gasteiger partial charge on any atom is -0.350 e. The van der Waals surface area contributed by atoms with Gasteiger partial charge in [0.2, 0.25) is 5.91 Å². The number of H-pyrrole nitrogens is 1. The third-order valence-corrected chi connectivity index (χ3v) is 5.51.